The van der Waals surface area contributed by atoms with E-state index in [2.05, 4.69) is 36.5 Å². The van der Waals surface area contributed by atoms with Crippen molar-refractivity contribution in [2.45, 2.75) is 103 Å². The summed E-state index contributed by atoms with van der Waals surface area (Å²) in [6, 6.07) is -0.865. The predicted molar refractivity (Wildman–Crippen MR) is 228 cm³/mol. The molecule has 0 bridgehead atoms. The summed E-state index contributed by atoms with van der Waals surface area (Å²) in [5, 5.41) is 12.4. The van der Waals surface area contributed by atoms with E-state index in [1.54, 1.807) is 9.80 Å². The van der Waals surface area contributed by atoms with Gasteiger partial charge in [-0.2, -0.15) is 10.2 Å². The monoisotopic (exact) mass is 945 g/mol. The number of carbonyl (C=O) groups is 6. The third-order valence-electron chi connectivity index (χ3n) is 9.15. The van der Waals surface area contributed by atoms with Crippen molar-refractivity contribution in [3.8, 4) is 0 Å². The topological polar surface area (TPSA) is 227 Å². The van der Waals surface area contributed by atoms with Gasteiger partial charge in [0.1, 0.15) is 33.1 Å². The second kappa shape index (κ2) is 21.3. The van der Waals surface area contributed by atoms with Crippen LogP contribution >= 0.6 is 39.1 Å². The number of piperidine rings is 1. The van der Waals surface area contributed by atoms with Gasteiger partial charge in [0.25, 0.3) is 17.0 Å². The lowest BCUT2D eigenvalue weighted by Gasteiger charge is -2.36. The number of nitrogens with one attached hydrogen (secondary N) is 2. The third kappa shape index (κ3) is 14.0. The quantitative estimate of drug-likeness (QED) is 0.251. The molecule has 332 valence electrons. The van der Waals surface area contributed by atoms with Gasteiger partial charge in [-0.15, -0.1) is 0 Å². The molecule has 1 saturated carbocycles. The van der Waals surface area contributed by atoms with E-state index in [1.165, 1.54) is 12.4 Å². The van der Waals surface area contributed by atoms with Crippen molar-refractivity contribution < 1.29 is 38.2 Å². The number of H-pyrrole nitrogens is 1. The minimum atomic E-state index is -0.865. The fraction of sp³-hybridized carbons (Fsp3) is 0.632. The molecule has 2 aromatic heterocycles. The van der Waals surface area contributed by atoms with E-state index >= 15 is 0 Å². The summed E-state index contributed by atoms with van der Waals surface area (Å²) in [4.78, 5) is 99.9. The van der Waals surface area contributed by atoms with Gasteiger partial charge < -0.3 is 29.1 Å². The Hall–Kier alpha value is -4.56. The Morgan fingerprint density at radius 3 is 1.70 bits per heavy atom. The minimum Gasteiger partial charge on any atom is -0.444 e. The normalized spacial score (nSPS) is 19.8. The van der Waals surface area contributed by atoms with E-state index in [4.69, 9.17) is 32.7 Å². The van der Waals surface area contributed by atoms with Crippen molar-refractivity contribution in [3.05, 3.63) is 43.1 Å². The summed E-state index contributed by atoms with van der Waals surface area (Å²) in [6.07, 6.45) is 3.96. The lowest BCUT2D eigenvalue weighted by Crippen LogP contribution is -2.50. The van der Waals surface area contributed by atoms with E-state index in [0.717, 1.165) is 4.68 Å². The van der Waals surface area contributed by atoms with Gasteiger partial charge in [0.15, 0.2) is 5.78 Å². The zero-order chi connectivity index (χ0) is 43.8. The molecular formula is C38H54BrCl2N9O10. The molecule has 1 aliphatic carbocycles. The molecule has 2 aromatic rings. The van der Waals surface area contributed by atoms with Crippen molar-refractivity contribution >= 4 is 86.1 Å². The average molecular weight is 948 g/mol. The van der Waals surface area contributed by atoms with Crippen molar-refractivity contribution in [2.75, 3.05) is 62.2 Å². The number of imide groups is 1. The predicted octanol–water partition coefficient (Wildman–Crippen LogP) is 4.12. The van der Waals surface area contributed by atoms with Crippen LogP contribution in [0.3, 0.4) is 0 Å². The number of ketones is 2. The standard InChI is InChI=1S/C18H24ClN5O5.C13H19ClN4O3.C6H7BrO2.CH4/c1-18(2,3)29-17(28)23-8-6-22(7-9-23)12-10-20-24(16(27)14(12)19)11-4-5-13(25)21-15(11)26;1-13(2,3)21-12(20)18-6-4-17(5-7-18)9-8-15-16-11(19)10(9)14;7-5-2-1-4(8)3-6(5)9;/h10-11H,4-9H2,1-3H3,(H,21,25,26);8H,4-7H2,1-3H3,(H,16,19);5H,1-3H2;1H4. The summed E-state index contributed by atoms with van der Waals surface area (Å²) in [6.45, 7) is 14.9. The maximum absolute atomic E-state index is 12.7. The summed E-state index contributed by atoms with van der Waals surface area (Å²) >= 11 is 15.5. The Kier molecular flexibility index (Phi) is 17.7. The number of halogens is 3. The van der Waals surface area contributed by atoms with Crippen LogP contribution in [0.4, 0.5) is 21.0 Å². The summed E-state index contributed by atoms with van der Waals surface area (Å²) in [5.41, 5.74) is -1.04. The van der Waals surface area contributed by atoms with Crippen LogP contribution in [-0.4, -0.2) is 134 Å². The van der Waals surface area contributed by atoms with Gasteiger partial charge in [-0.25, -0.2) is 19.4 Å². The molecule has 5 heterocycles. The number of carbonyl (C=O) groups excluding carboxylic acids is 6. The van der Waals surface area contributed by atoms with E-state index in [1.807, 2.05) is 51.3 Å². The first-order chi connectivity index (χ1) is 27.5. The number of hydrogen-bond donors (Lipinski definition) is 2. The Morgan fingerprint density at radius 1 is 0.750 bits per heavy atom. The second-order valence-electron chi connectivity index (χ2n) is 16.1. The number of anilines is 2. The number of piperazine rings is 2. The summed E-state index contributed by atoms with van der Waals surface area (Å²) in [5.74, 6) is -0.822. The van der Waals surface area contributed by atoms with Gasteiger partial charge >= 0.3 is 12.2 Å². The van der Waals surface area contributed by atoms with Crippen LogP contribution in [0.2, 0.25) is 10.0 Å². The Balaban J connectivity index is 0.000000270. The molecule has 4 aliphatic rings. The van der Waals surface area contributed by atoms with Gasteiger partial charge in [0.05, 0.1) is 35.0 Å². The van der Waals surface area contributed by atoms with Crippen LogP contribution in [0.25, 0.3) is 0 Å². The SMILES string of the molecule is C.CC(C)(C)OC(=O)N1CCN(c2cn[nH]c(=O)c2Cl)CC1.CC(C)(C)OC(=O)N1CCN(c2cnn(C3CCC(=O)NC3=O)c(=O)c2Cl)CC1.O=C1CCC(Br)C(=O)C1. The van der Waals surface area contributed by atoms with Gasteiger partial charge in [-0.3, -0.25) is 34.1 Å². The zero-order valence-electron chi connectivity index (χ0n) is 33.8. The highest BCUT2D eigenvalue weighted by atomic mass is 79.9. The highest BCUT2D eigenvalue weighted by Crippen LogP contribution is 2.26. The second-order valence-corrected chi connectivity index (χ2v) is 17.9. The Morgan fingerprint density at radius 2 is 1.25 bits per heavy atom. The van der Waals surface area contributed by atoms with Crippen LogP contribution in [0.1, 0.15) is 87.1 Å². The smallest absolute Gasteiger partial charge is 0.410 e. The van der Waals surface area contributed by atoms with E-state index in [0.29, 0.717) is 76.6 Å². The first-order valence-corrected chi connectivity index (χ1v) is 20.7. The molecule has 3 saturated heterocycles. The number of rotatable bonds is 3. The van der Waals surface area contributed by atoms with Crippen LogP contribution in [0.5, 0.6) is 0 Å². The molecule has 2 N–H and O–H groups in total. The molecule has 2 atom stereocenters. The molecule has 0 radical (unpaired) electrons. The molecule has 4 amide bonds. The molecule has 60 heavy (non-hydrogen) atoms. The number of hydrogen-bond acceptors (Lipinski definition) is 14. The average Bonchev–Trinajstić information content (AvgIpc) is 3.15. The lowest BCUT2D eigenvalue weighted by atomic mass is 9.98. The van der Waals surface area contributed by atoms with Crippen LogP contribution < -0.4 is 26.2 Å². The molecular weight excluding hydrogens is 893 g/mol. The molecule has 6 rings (SSSR count). The number of nitrogens with zero attached hydrogens (tertiary/aromatic N) is 7. The van der Waals surface area contributed by atoms with E-state index in [9.17, 15) is 38.4 Å². The van der Waals surface area contributed by atoms with Crippen molar-refractivity contribution in [1.82, 2.24) is 35.1 Å². The molecule has 2 unspecified atom stereocenters. The van der Waals surface area contributed by atoms with Crippen molar-refractivity contribution in [1.29, 1.82) is 0 Å². The number of amides is 4. The number of ether oxygens (including phenoxy) is 2. The Bertz CT molecular complexity index is 2020. The maximum atomic E-state index is 12.7. The molecule has 4 fully saturated rings. The van der Waals surface area contributed by atoms with Gasteiger partial charge in [0, 0.05) is 65.2 Å². The maximum Gasteiger partial charge on any atom is 0.410 e. The van der Waals surface area contributed by atoms with E-state index in [-0.39, 0.29) is 71.2 Å². The number of alkyl halides is 1. The van der Waals surface area contributed by atoms with Gasteiger partial charge in [0.2, 0.25) is 5.91 Å². The van der Waals surface area contributed by atoms with Gasteiger partial charge in [-0.05, 0) is 54.4 Å². The molecule has 19 nitrogen and oxygen atoms in total. The first-order valence-electron chi connectivity index (χ1n) is 19.0. The largest absolute Gasteiger partial charge is 0.444 e. The third-order valence-corrected chi connectivity index (χ3v) is 10.8. The number of aromatic amines is 1. The fourth-order valence-electron chi connectivity index (χ4n) is 6.14. The van der Waals surface area contributed by atoms with Crippen molar-refractivity contribution in [3.63, 3.8) is 0 Å². The van der Waals surface area contributed by atoms with Crippen LogP contribution in [0.15, 0.2) is 22.0 Å². The molecule has 0 spiro atoms. The summed E-state index contributed by atoms with van der Waals surface area (Å²) < 4.78 is 11.7. The highest BCUT2D eigenvalue weighted by Gasteiger charge is 2.33. The molecule has 0 aromatic carbocycles. The van der Waals surface area contributed by atoms with Crippen molar-refractivity contribution in [2.24, 2.45) is 0 Å². The lowest BCUT2D eigenvalue weighted by molar-refractivity contribution is -0.136. The fourth-order valence-corrected chi connectivity index (χ4v) is 7.00. The number of aromatic nitrogens is 4. The van der Waals surface area contributed by atoms with E-state index < -0.39 is 34.3 Å². The Labute approximate surface area is 366 Å². The molecule has 3 aliphatic heterocycles. The zero-order valence-corrected chi connectivity index (χ0v) is 36.9. The minimum absolute atomic E-state index is 0. The van der Waals surface area contributed by atoms with Crippen LogP contribution in [0, 0.1) is 0 Å². The summed E-state index contributed by atoms with van der Waals surface area (Å²) in [7, 11) is 0. The van der Waals surface area contributed by atoms with Gasteiger partial charge in [-0.1, -0.05) is 46.6 Å². The molecule has 22 heteroatoms. The first kappa shape index (κ1) is 49.8. The highest BCUT2D eigenvalue weighted by molar-refractivity contribution is 9.10. The number of Topliss-reactive ketones (excluding diaryl/α,β-unsaturated/α-hetero) is 2. The van der Waals surface area contributed by atoms with Crippen LogP contribution in [-0.2, 0) is 28.7 Å².